The van der Waals surface area contributed by atoms with Gasteiger partial charge in [-0.2, -0.15) is 10.2 Å². The Labute approximate surface area is 225 Å². The molecule has 198 valence electrons. The van der Waals surface area contributed by atoms with Gasteiger partial charge >= 0.3 is 0 Å². The zero-order valence-electron chi connectivity index (χ0n) is 21.2. The quantitative estimate of drug-likeness (QED) is 0.514. The maximum absolute atomic E-state index is 16.4. The second-order valence-electron chi connectivity index (χ2n) is 9.90. The molecule has 39 heavy (non-hydrogen) atoms. The van der Waals surface area contributed by atoms with Crippen LogP contribution in [0.25, 0.3) is 11.4 Å². The largest absolute Gasteiger partial charge is 0.378 e. The molecule has 0 radical (unpaired) electrons. The van der Waals surface area contributed by atoms with Crippen molar-refractivity contribution in [3.63, 3.8) is 0 Å². The SMILES string of the molecule is N#Cc1cccc(-c2ncnc(NC3=C(N4CCN(C5COC5)CC4)CC(F)(c4ccc(F)cc4)C=C3)n2)c1. The number of benzene rings is 2. The minimum absolute atomic E-state index is 0.0894. The summed E-state index contributed by atoms with van der Waals surface area (Å²) in [5, 5.41) is 12.5. The van der Waals surface area contributed by atoms with Crippen LogP contribution in [0.4, 0.5) is 14.7 Å². The maximum atomic E-state index is 16.4. The molecule has 3 aliphatic rings. The summed E-state index contributed by atoms with van der Waals surface area (Å²) in [6, 6.07) is 15.2. The van der Waals surface area contributed by atoms with Crippen LogP contribution in [0.1, 0.15) is 17.5 Å². The topological polar surface area (TPSA) is 90.2 Å². The van der Waals surface area contributed by atoms with Gasteiger partial charge in [-0.1, -0.05) is 24.3 Å². The van der Waals surface area contributed by atoms with E-state index in [4.69, 9.17) is 4.74 Å². The lowest BCUT2D eigenvalue weighted by Gasteiger charge is -2.45. The van der Waals surface area contributed by atoms with Gasteiger partial charge in [-0.3, -0.25) is 4.90 Å². The molecule has 0 saturated carbocycles. The first kappa shape index (κ1) is 25.1. The molecule has 10 heteroatoms. The molecule has 6 rings (SSSR count). The van der Waals surface area contributed by atoms with Crippen molar-refractivity contribution in [3.05, 3.63) is 95.3 Å². The molecule has 2 saturated heterocycles. The Bertz CT molecular complexity index is 1460. The van der Waals surface area contributed by atoms with Gasteiger partial charge in [0.2, 0.25) is 5.95 Å². The molecule has 0 spiro atoms. The Morgan fingerprint density at radius 3 is 2.56 bits per heavy atom. The number of hydrogen-bond donors (Lipinski definition) is 1. The molecule has 0 bridgehead atoms. The van der Waals surface area contributed by atoms with E-state index in [1.54, 1.807) is 24.3 Å². The summed E-state index contributed by atoms with van der Waals surface area (Å²) in [6.07, 6.45) is 4.72. The zero-order valence-corrected chi connectivity index (χ0v) is 21.2. The number of ether oxygens (including phenoxy) is 1. The third-order valence-electron chi connectivity index (χ3n) is 7.47. The van der Waals surface area contributed by atoms with Gasteiger partial charge in [0.05, 0.1) is 36.6 Å². The lowest BCUT2D eigenvalue weighted by molar-refractivity contribution is -0.0752. The molecule has 1 unspecified atom stereocenters. The third kappa shape index (κ3) is 5.24. The highest BCUT2D eigenvalue weighted by atomic mass is 19.1. The zero-order chi connectivity index (χ0) is 26.8. The average Bonchev–Trinajstić information content (AvgIpc) is 2.94. The first-order chi connectivity index (χ1) is 19.0. The molecule has 2 aromatic carbocycles. The number of nitrogens with zero attached hydrogens (tertiary/aromatic N) is 6. The number of allylic oxidation sites excluding steroid dienone is 3. The van der Waals surface area contributed by atoms with Gasteiger partial charge in [0.25, 0.3) is 0 Å². The van der Waals surface area contributed by atoms with E-state index >= 15 is 4.39 Å². The summed E-state index contributed by atoms with van der Waals surface area (Å²) in [6.45, 7) is 4.72. The number of alkyl halides is 1. The molecule has 3 heterocycles. The van der Waals surface area contributed by atoms with Crippen molar-refractivity contribution in [2.24, 2.45) is 0 Å². The smallest absolute Gasteiger partial charge is 0.230 e. The van der Waals surface area contributed by atoms with E-state index < -0.39 is 11.5 Å². The van der Waals surface area contributed by atoms with E-state index in [-0.39, 0.29) is 6.42 Å². The fourth-order valence-electron chi connectivity index (χ4n) is 5.17. The van der Waals surface area contributed by atoms with Gasteiger partial charge in [0, 0.05) is 43.9 Å². The van der Waals surface area contributed by atoms with Gasteiger partial charge in [-0.05, 0) is 42.0 Å². The molecule has 3 aromatic rings. The fraction of sp³-hybridized carbons (Fsp3) is 0.310. The molecule has 1 N–H and O–H groups in total. The monoisotopic (exact) mass is 527 g/mol. The summed E-state index contributed by atoms with van der Waals surface area (Å²) >= 11 is 0. The van der Waals surface area contributed by atoms with Crippen LogP contribution in [0.2, 0.25) is 0 Å². The minimum atomic E-state index is -1.78. The van der Waals surface area contributed by atoms with Crippen molar-refractivity contribution in [3.8, 4) is 17.5 Å². The number of nitrogens with one attached hydrogen (secondary N) is 1. The summed E-state index contributed by atoms with van der Waals surface area (Å²) in [5.41, 5.74) is 1.34. The Hall–Kier alpha value is -4.20. The Morgan fingerprint density at radius 2 is 1.85 bits per heavy atom. The van der Waals surface area contributed by atoms with E-state index in [2.05, 4.69) is 36.1 Å². The Kier molecular flexibility index (Phi) is 6.77. The van der Waals surface area contributed by atoms with Crippen molar-refractivity contribution in [2.45, 2.75) is 18.1 Å². The fourth-order valence-corrected chi connectivity index (χ4v) is 5.17. The number of hydrogen-bond acceptors (Lipinski definition) is 8. The summed E-state index contributed by atoms with van der Waals surface area (Å²) in [4.78, 5) is 17.8. The van der Waals surface area contributed by atoms with Crippen LogP contribution in [0.5, 0.6) is 0 Å². The van der Waals surface area contributed by atoms with Crippen LogP contribution < -0.4 is 5.32 Å². The highest BCUT2D eigenvalue weighted by Gasteiger charge is 2.38. The van der Waals surface area contributed by atoms with Crippen LogP contribution >= 0.6 is 0 Å². The lowest BCUT2D eigenvalue weighted by atomic mass is 9.86. The minimum Gasteiger partial charge on any atom is -0.378 e. The molecule has 1 aliphatic carbocycles. The molecule has 1 aromatic heterocycles. The van der Waals surface area contributed by atoms with Gasteiger partial charge in [-0.15, -0.1) is 0 Å². The van der Waals surface area contributed by atoms with Gasteiger partial charge < -0.3 is 15.0 Å². The van der Waals surface area contributed by atoms with E-state index in [9.17, 15) is 9.65 Å². The van der Waals surface area contributed by atoms with Crippen molar-refractivity contribution >= 4 is 5.95 Å². The number of halogens is 2. The first-order valence-corrected chi connectivity index (χ1v) is 12.9. The number of aromatic nitrogens is 3. The van der Waals surface area contributed by atoms with Crippen LogP contribution in [0.3, 0.4) is 0 Å². The average molecular weight is 528 g/mol. The number of piperazine rings is 1. The lowest BCUT2D eigenvalue weighted by Crippen LogP contribution is -2.56. The molecular weight excluding hydrogens is 500 g/mol. The second-order valence-corrected chi connectivity index (χ2v) is 9.90. The van der Waals surface area contributed by atoms with Gasteiger partial charge in [0.1, 0.15) is 12.1 Å². The van der Waals surface area contributed by atoms with Gasteiger partial charge in [-0.25, -0.2) is 18.7 Å². The standard InChI is InChI=1S/C29H27F2N7O/c30-23-6-4-22(5-7-23)29(31)9-8-25(26(15-29)38-12-10-37(11-13-38)24-17-39-18-24)35-28-34-19-33-27(36-28)21-3-1-2-20(14-21)16-32/h1-9,14,19,24H,10-13,15,17-18H2,(H,33,34,35,36). The van der Waals surface area contributed by atoms with Crippen molar-refractivity contribution in [2.75, 3.05) is 44.7 Å². The first-order valence-electron chi connectivity index (χ1n) is 12.9. The predicted molar refractivity (Wildman–Crippen MR) is 141 cm³/mol. The van der Waals surface area contributed by atoms with E-state index in [1.807, 2.05) is 6.07 Å². The highest BCUT2D eigenvalue weighted by Crippen LogP contribution is 2.40. The van der Waals surface area contributed by atoms with Crippen LogP contribution in [0, 0.1) is 17.1 Å². The summed E-state index contributed by atoms with van der Waals surface area (Å²) < 4.78 is 35.3. The highest BCUT2D eigenvalue weighted by molar-refractivity contribution is 5.59. The number of nitriles is 1. The predicted octanol–water partition coefficient (Wildman–Crippen LogP) is 4.01. The summed E-state index contributed by atoms with van der Waals surface area (Å²) in [5.74, 6) is 0.342. The number of anilines is 1. The van der Waals surface area contributed by atoms with Crippen molar-refractivity contribution < 1.29 is 13.5 Å². The molecule has 2 fully saturated rings. The van der Waals surface area contributed by atoms with Crippen LogP contribution in [-0.2, 0) is 10.4 Å². The molecule has 0 amide bonds. The maximum Gasteiger partial charge on any atom is 0.230 e. The van der Waals surface area contributed by atoms with E-state index in [0.717, 1.165) is 45.1 Å². The molecular formula is C29H27F2N7O. The van der Waals surface area contributed by atoms with E-state index in [1.165, 1.54) is 36.7 Å². The van der Waals surface area contributed by atoms with Crippen LogP contribution in [0.15, 0.2) is 78.4 Å². The number of rotatable bonds is 6. The second kappa shape index (κ2) is 10.5. The van der Waals surface area contributed by atoms with E-state index in [0.29, 0.717) is 40.2 Å². The van der Waals surface area contributed by atoms with Crippen LogP contribution in [-0.4, -0.2) is 70.2 Å². The molecule has 2 aliphatic heterocycles. The Balaban J connectivity index is 1.29. The molecule has 1 atom stereocenters. The Morgan fingerprint density at radius 1 is 1.05 bits per heavy atom. The normalized spacial score (nSPS) is 21.9. The van der Waals surface area contributed by atoms with Crippen molar-refractivity contribution in [1.29, 1.82) is 5.26 Å². The summed E-state index contributed by atoms with van der Waals surface area (Å²) in [7, 11) is 0. The molecule has 8 nitrogen and oxygen atoms in total. The third-order valence-corrected chi connectivity index (χ3v) is 7.47. The van der Waals surface area contributed by atoms with Crippen molar-refractivity contribution in [1.82, 2.24) is 24.8 Å². The van der Waals surface area contributed by atoms with Gasteiger partial charge in [0.15, 0.2) is 11.5 Å².